The predicted molar refractivity (Wildman–Crippen MR) is 114 cm³/mol. The zero-order valence-corrected chi connectivity index (χ0v) is 19.1. The highest BCUT2D eigenvalue weighted by atomic mass is 32.2. The third-order valence-electron chi connectivity index (χ3n) is 6.09. The number of nitrogens with zero attached hydrogens (tertiary/aromatic N) is 2. The number of amides is 1. The van der Waals surface area contributed by atoms with Gasteiger partial charge in [0.15, 0.2) is 0 Å². The topological polar surface area (TPSA) is 105 Å². The highest BCUT2D eigenvalue weighted by Crippen LogP contribution is 2.42. The molecule has 0 aromatic carbocycles. The Morgan fingerprint density at radius 1 is 1.23 bits per heavy atom. The molecule has 0 bridgehead atoms. The van der Waals surface area contributed by atoms with Crippen LogP contribution in [0.3, 0.4) is 0 Å². The molecule has 11 heteroatoms. The number of hydrogen-bond donors (Lipinski definition) is 1. The lowest BCUT2D eigenvalue weighted by atomic mass is 9.83. The molecule has 170 valence electrons. The smallest absolute Gasteiger partial charge is 0.335 e. The highest BCUT2D eigenvalue weighted by Gasteiger charge is 2.52. The van der Waals surface area contributed by atoms with Crippen molar-refractivity contribution in [1.82, 2.24) is 14.5 Å². The van der Waals surface area contributed by atoms with E-state index < -0.39 is 21.6 Å². The average Bonchev–Trinajstić information content (AvgIpc) is 3.37. The van der Waals surface area contributed by atoms with Crippen LogP contribution in [0.1, 0.15) is 19.8 Å². The molecule has 0 radical (unpaired) electrons. The maximum Gasteiger partial charge on any atom is 0.335 e. The third kappa shape index (κ3) is 4.42. The summed E-state index contributed by atoms with van der Waals surface area (Å²) in [7, 11) is -3.58. The number of esters is 1. The molecule has 0 unspecified atom stereocenters. The molecule has 1 aromatic rings. The van der Waals surface area contributed by atoms with Gasteiger partial charge in [-0.2, -0.15) is 4.31 Å². The minimum atomic E-state index is -3.58. The second-order valence-corrected chi connectivity index (χ2v) is 11.0. The standard InChI is InChI=1S/C20H27N3O6S2/c1-15-17(18(24)21-6-9-22-10-12-28-13-11-22)20(29-19(15)25)4-7-23(8-5-20)31(26,27)16-3-2-14-30-16/h2-3,14H,4-13H2,1H3,(H,21,24). The van der Waals surface area contributed by atoms with Gasteiger partial charge in [-0.15, -0.1) is 11.3 Å². The fourth-order valence-electron chi connectivity index (χ4n) is 4.34. The van der Waals surface area contributed by atoms with Crippen LogP contribution in [0.2, 0.25) is 0 Å². The summed E-state index contributed by atoms with van der Waals surface area (Å²) in [5.74, 6) is -0.820. The van der Waals surface area contributed by atoms with E-state index in [0.29, 0.717) is 41.7 Å². The zero-order valence-electron chi connectivity index (χ0n) is 17.5. The van der Waals surface area contributed by atoms with E-state index in [1.54, 1.807) is 24.4 Å². The van der Waals surface area contributed by atoms with Gasteiger partial charge in [-0.3, -0.25) is 9.69 Å². The molecule has 2 fully saturated rings. The molecule has 0 aliphatic carbocycles. The maximum absolute atomic E-state index is 13.0. The summed E-state index contributed by atoms with van der Waals surface area (Å²) >= 11 is 1.17. The summed E-state index contributed by atoms with van der Waals surface area (Å²) in [5.41, 5.74) is -0.419. The number of piperidine rings is 1. The SMILES string of the molecule is CC1=C(C(=O)NCCN2CCOCC2)C2(CCN(S(=O)(=O)c3cccs3)CC2)OC1=O. The highest BCUT2D eigenvalue weighted by molar-refractivity contribution is 7.91. The Labute approximate surface area is 186 Å². The summed E-state index contributed by atoms with van der Waals surface area (Å²) in [4.78, 5) is 27.6. The summed E-state index contributed by atoms with van der Waals surface area (Å²) < 4.78 is 38.3. The van der Waals surface area contributed by atoms with Crippen LogP contribution >= 0.6 is 11.3 Å². The van der Waals surface area contributed by atoms with Gasteiger partial charge in [0.2, 0.25) is 0 Å². The van der Waals surface area contributed by atoms with Gasteiger partial charge in [-0.25, -0.2) is 13.2 Å². The van der Waals surface area contributed by atoms with Crippen LogP contribution in [-0.4, -0.2) is 87.6 Å². The average molecular weight is 470 g/mol. The van der Waals surface area contributed by atoms with Crippen molar-refractivity contribution in [3.05, 3.63) is 28.7 Å². The van der Waals surface area contributed by atoms with Crippen molar-refractivity contribution in [3.8, 4) is 0 Å². The lowest BCUT2D eigenvalue weighted by Crippen LogP contribution is -2.50. The molecule has 4 heterocycles. The van der Waals surface area contributed by atoms with Gasteiger partial charge in [0.25, 0.3) is 15.9 Å². The molecule has 0 atom stereocenters. The Bertz CT molecular complexity index is 959. The molecule has 9 nitrogen and oxygen atoms in total. The van der Waals surface area contributed by atoms with Crippen LogP contribution < -0.4 is 5.32 Å². The summed E-state index contributed by atoms with van der Waals surface area (Å²) in [6.45, 7) is 6.17. The van der Waals surface area contributed by atoms with Gasteiger partial charge in [0, 0.05) is 57.7 Å². The Morgan fingerprint density at radius 2 is 1.94 bits per heavy atom. The molecule has 4 rings (SSSR count). The molecular weight excluding hydrogens is 442 g/mol. The minimum absolute atomic E-state index is 0.186. The maximum atomic E-state index is 13.0. The van der Waals surface area contributed by atoms with Crippen LogP contribution in [0.25, 0.3) is 0 Å². The van der Waals surface area contributed by atoms with E-state index in [1.165, 1.54) is 15.6 Å². The Balaban J connectivity index is 1.42. The van der Waals surface area contributed by atoms with Crippen molar-refractivity contribution in [1.29, 1.82) is 0 Å². The Morgan fingerprint density at radius 3 is 2.58 bits per heavy atom. The van der Waals surface area contributed by atoms with E-state index in [2.05, 4.69) is 10.2 Å². The fraction of sp³-hybridized carbons (Fsp3) is 0.600. The molecule has 3 aliphatic heterocycles. The first-order valence-corrected chi connectivity index (χ1v) is 12.7. The number of carbonyl (C=O) groups excluding carboxylic acids is 2. The Kier molecular flexibility index (Phi) is 6.50. The van der Waals surface area contributed by atoms with Crippen LogP contribution in [0.5, 0.6) is 0 Å². The molecule has 0 saturated carbocycles. The third-order valence-corrected chi connectivity index (χ3v) is 9.36. The minimum Gasteiger partial charge on any atom is -0.450 e. The largest absolute Gasteiger partial charge is 0.450 e. The van der Waals surface area contributed by atoms with E-state index in [1.807, 2.05) is 0 Å². The van der Waals surface area contributed by atoms with Crippen LogP contribution in [0.4, 0.5) is 0 Å². The molecule has 31 heavy (non-hydrogen) atoms. The summed E-state index contributed by atoms with van der Waals surface area (Å²) in [6.07, 6.45) is 0.514. The van der Waals surface area contributed by atoms with E-state index in [4.69, 9.17) is 9.47 Å². The molecule has 1 spiro atoms. The van der Waals surface area contributed by atoms with Crippen molar-refractivity contribution in [3.63, 3.8) is 0 Å². The van der Waals surface area contributed by atoms with Gasteiger partial charge in [-0.05, 0) is 18.4 Å². The first-order chi connectivity index (χ1) is 14.8. The first-order valence-electron chi connectivity index (χ1n) is 10.4. The van der Waals surface area contributed by atoms with E-state index in [9.17, 15) is 18.0 Å². The molecule has 1 aromatic heterocycles. The van der Waals surface area contributed by atoms with Gasteiger partial charge in [0.1, 0.15) is 9.81 Å². The lowest BCUT2D eigenvalue weighted by molar-refractivity contribution is -0.150. The molecule has 1 N–H and O–H groups in total. The lowest BCUT2D eigenvalue weighted by Gasteiger charge is -2.38. The van der Waals surface area contributed by atoms with Gasteiger partial charge >= 0.3 is 5.97 Å². The van der Waals surface area contributed by atoms with Crippen molar-refractivity contribution >= 4 is 33.2 Å². The van der Waals surface area contributed by atoms with Gasteiger partial charge in [-0.1, -0.05) is 6.07 Å². The van der Waals surface area contributed by atoms with Crippen molar-refractivity contribution in [2.75, 3.05) is 52.5 Å². The quantitative estimate of drug-likeness (QED) is 0.608. The van der Waals surface area contributed by atoms with Crippen LogP contribution in [-0.2, 0) is 29.1 Å². The number of thiophene rings is 1. The number of nitrogens with one attached hydrogen (secondary N) is 1. The fourth-order valence-corrected chi connectivity index (χ4v) is 6.93. The molecular formula is C20H27N3O6S2. The van der Waals surface area contributed by atoms with Crippen molar-refractivity contribution in [2.45, 2.75) is 29.6 Å². The van der Waals surface area contributed by atoms with Crippen molar-refractivity contribution in [2.24, 2.45) is 0 Å². The molecule has 2 saturated heterocycles. The second-order valence-electron chi connectivity index (χ2n) is 7.93. The zero-order chi connectivity index (χ0) is 22.1. The predicted octanol–water partition coefficient (Wildman–Crippen LogP) is 0.593. The van der Waals surface area contributed by atoms with Gasteiger partial charge in [0.05, 0.1) is 18.8 Å². The summed E-state index contributed by atoms with van der Waals surface area (Å²) in [5, 5.41) is 4.64. The first kappa shape index (κ1) is 22.4. The van der Waals surface area contributed by atoms with E-state index in [0.717, 1.165) is 13.1 Å². The normalized spacial score (nSPS) is 22.7. The second kappa shape index (κ2) is 8.99. The Hall–Kier alpha value is -1.79. The van der Waals surface area contributed by atoms with Gasteiger partial charge < -0.3 is 14.8 Å². The summed E-state index contributed by atoms with van der Waals surface area (Å²) in [6, 6.07) is 3.28. The number of morpholine rings is 1. The number of carbonyl (C=O) groups is 2. The molecule has 1 amide bonds. The monoisotopic (exact) mass is 469 g/mol. The number of hydrogen-bond acceptors (Lipinski definition) is 8. The number of ether oxygens (including phenoxy) is 2. The van der Waals surface area contributed by atoms with Crippen LogP contribution in [0, 0.1) is 0 Å². The van der Waals surface area contributed by atoms with Crippen LogP contribution in [0.15, 0.2) is 32.9 Å². The number of sulfonamides is 1. The number of rotatable bonds is 6. The van der Waals surface area contributed by atoms with Crippen molar-refractivity contribution < 1.29 is 27.5 Å². The van der Waals surface area contributed by atoms with E-state index >= 15 is 0 Å². The van der Waals surface area contributed by atoms with E-state index in [-0.39, 0.29) is 31.8 Å². The molecule has 3 aliphatic rings.